The highest BCUT2D eigenvalue weighted by Gasteiger charge is 2.25. The highest BCUT2D eigenvalue weighted by molar-refractivity contribution is 6.30. The van der Waals surface area contributed by atoms with Gasteiger partial charge in [-0.1, -0.05) is 29.8 Å². The number of aryl methyl sites for hydroxylation is 1. The van der Waals surface area contributed by atoms with Crippen molar-refractivity contribution in [3.63, 3.8) is 0 Å². The normalized spacial score (nSPS) is 13.1. The lowest BCUT2D eigenvalue weighted by molar-refractivity contribution is -0.117. The highest BCUT2D eigenvalue weighted by atomic mass is 35.5. The second kappa shape index (κ2) is 6.37. The molecule has 4 rings (SSSR count). The van der Waals surface area contributed by atoms with E-state index in [-0.39, 0.29) is 5.91 Å². The number of benzene rings is 2. The summed E-state index contributed by atoms with van der Waals surface area (Å²) in [4.78, 5) is 14.6. The monoisotopic (exact) mass is 351 g/mol. The molecule has 1 aliphatic rings. The van der Waals surface area contributed by atoms with Crippen molar-refractivity contribution in [1.29, 1.82) is 0 Å². The van der Waals surface area contributed by atoms with Crippen LogP contribution in [0.2, 0.25) is 5.02 Å². The molecule has 0 N–H and O–H groups in total. The third kappa shape index (κ3) is 3.17. The molecule has 0 unspecified atom stereocenters. The summed E-state index contributed by atoms with van der Waals surface area (Å²) in [6.07, 6.45) is 3.17. The van der Waals surface area contributed by atoms with Gasteiger partial charge in [0.1, 0.15) is 0 Å². The Kier molecular flexibility index (Phi) is 4.06. The van der Waals surface area contributed by atoms with E-state index in [1.807, 2.05) is 60.6 Å². The van der Waals surface area contributed by atoms with Crippen LogP contribution in [0.1, 0.15) is 11.1 Å². The fraction of sp³-hybridized carbons (Fsp3) is 0.200. The van der Waals surface area contributed by atoms with Gasteiger partial charge in [0.05, 0.1) is 12.1 Å². The maximum atomic E-state index is 12.7. The number of carbonyl (C=O) groups is 1. The van der Waals surface area contributed by atoms with Crippen molar-refractivity contribution in [2.24, 2.45) is 7.05 Å². The first-order valence-electron chi connectivity index (χ1n) is 8.28. The van der Waals surface area contributed by atoms with Gasteiger partial charge in [-0.2, -0.15) is 5.10 Å². The van der Waals surface area contributed by atoms with Crippen molar-refractivity contribution in [3.05, 3.63) is 70.9 Å². The minimum absolute atomic E-state index is 0.103. The third-order valence-electron chi connectivity index (χ3n) is 4.53. The van der Waals surface area contributed by atoms with Gasteiger partial charge >= 0.3 is 0 Å². The first-order chi connectivity index (χ1) is 12.1. The molecular formula is C20H18ClN3O. The summed E-state index contributed by atoms with van der Waals surface area (Å²) in [6, 6.07) is 15.7. The number of carbonyl (C=O) groups excluding carboxylic acids is 1. The van der Waals surface area contributed by atoms with E-state index in [2.05, 4.69) is 11.2 Å². The lowest BCUT2D eigenvalue weighted by atomic mass is 10.1. The van der Waals surface area contributed by atoms with Gasteiger partial charge in [-0.15, -0.1) is 0 Å². The van der Waals surface area contributed by atoms with E-state index in [1.54, 1.807) is 4.68 Å². The number of hydrogen-bond acceptors (Lipinski definition) is 2. The first kappa shape index (κ1) is 15.9. The zero-order valence-corrected chi connectivity index (χ0v) is 14.7. The first-order valence-corrected chi connectivity index (χ1v) is 8.66. The van der Waals surface area contributed by atoms with E-state index >= 15 is 0 Å². The number of anilines is 1. The Hall–Kier alpha value is -2.59. The van der Waals surface area contributed by atoms with Gasteiger partial charge in [-0.05, 0) is 47.9 Å². The Morgan fingerprint density at radius 2 is 2.08 bits per heavy atom. The molecule has 0 bridgehead atoms. The van der Waals surface area contributed by atoms with E-state index < -0.39 is 0 Å². The van der Waals surface area contributed by atoms with Crippen LogP contribution in [-0.4, -0.2) is 22.2 Å². The molecule has 2 aromatic carbocycles. The summed E-state index contributed by atoms with van der Waals surface area (Å²) < 4.78 is 1.80. The average Bonchev–Trinajstić information content (AvgIpc) is 3.20. The van der Waals surface area contributed by atoms with Crippen molar-refractivity contribution >= 4 is 23.2 Å². The third-order valence-corrected chi connectivity index (χ3v) is 4.76. The molecule has 2 heterocycles. The summed E-state index contributed by atoms with van der Waals surface area (Å²) >= 11 is 6.01. The standard InChI is InChI=1S/C20H18ClN3O/c1-23-9-8-18(22-23)15-5-6-19-16(13-15)7-10-24(19)20(25)12-14-3-2-4-17(21)11-14/h2-6,8-9,11,13H,7,10,12H2,1H3. The van der Waals surface area contributed by atoms with Crippen LogP contribution in [0, 0.1) is 0 Å². The van der Waals surface area contributed by atoms with Gasteiger partial charge in [0, 0.05) is 36.1 Å². The van der Waals surface area contributed by atoms with Gasteiger partial charge in [0.2, 0.25) is 5.91 Å². The minimum atomic E-state index is 0.103. The molecule has 126 valence electrons. The predicted octanol–water partition coefficient (Wildman–Crippen LogP) is 3.87. The molecule has 4 nitrogen and oxygen atoms in total. The van der Waals surface area contributed by atoms with Crippen LogP contribution in [0.3, 0.4) is 0 Å². The molecule has 0 aliphatic carbocycles. The van der Waals surface area contributed by atoms with E-state index in [9.17, 15) is 4.79 Å². The molecule has 0 saturated heterocycles. The van der Waals surface area contributed by atoms with E-state index in [0.717, 1.165) is 35.5 Å². The molecular weight excluding hydrogens is 334 g/mol. The SMILES string of the molecule is Cn1ccc(-c2ccc3c(c2)CCN3C(=O)Cc2cccc(Cl)c2)n1. The lowest BCUT2D eigenvalue weighted by Crippen LogP contribution is -2.30. The number of rotatable bonds is 3. The average molecular weight is 352 g/mol. The minimum Gasteiger partial charge on any atom is -0.312 e. The van der Waals surface area contributed by atoms with Crippen LogP contribution in [0.5, 0.6) is 0 Å². The molecule has 0 fully saturated rings. The highest BCUT2D eigenvalue weighted by Crippen LogP contribution is 2.32. The van der Waals surface area contributed by atoms with Crippen LogP contribution in [-0.2, 0) is 24.7 Å². The summed E-state index contributed by atoms with van der Waals surface area (Å²) in [5.74, 6) is 0.103. The van der Waals surface area contributed by atoms with Crippen LogP contribution < -0.4 is 4.90 Å². The summed E-state index contributed by atoms with van der Waals surface area (Å²) in [7, 11) is 1.91. The molecule has 0 radical (unpaired) electrons. The molecule has 1 amide bonds. The number of hydrogen-bond donors (Lipinski definition) is 0. The number of halogens is 1. The Balaban J connectivity index is 1.56. The summed E-state index contributed by atoms with van der Waals surface area (Å²) in [5.41, 5.74) is 5.18. The van der Waals surface area contributed by atoms with E-state index in [1.165, 1.54) is 5.56 Å². The lowest BCUT2D eigenvalue weighted by Gasteiger charge is -2.17. The maximum Gasteiger partial charge on any atom is 0.231 e. The second-order valence-electron chi connectivity index (χ2n) is 6.32. The van der Waals surface area contributed by atoms with Crippen LogP contribution in [0.15, 0.2) is 54.7 Å². The van der Waals surface area contributed by atoms with Crippen LogP contribution in [0.4, 0.5) is 5.69 Å². The molecule has 3 aromatic rings. The Labute approximate surface area is 151 Å². The maximum absolute atomic E-state index is 12.7. The summed E-state index contributed by atoms with van der Waals surface area (Å²) in [5, 5.41) is 5.11. The predicted molar refractivity (Wildman–Crippen MR) is 99.9 cm³/mol. The zero-order valence-electron chi connectivity index (χ0n) is 13.9. The van der Waals surface area contributed by atoms with Gasteiger partial charge in [0.25, 0.3) is 0 Å². The van der Waals surface area contributed by atoms with Crippen molar-refractivity contribution in [3.8, 4) is 11.3 Å². The number of nitrogens with zero attached hydrogens (tertiary/aromatic N) is 3. The van der Waals surface area contributed by atoms with Crippen LogP contribution in [0.25, 0.3) is 11.3 Å². The fourth-order valence-corrected chi connectivity index (χ4v) is 3.52. The molecule has 0 saturated carbocycles. The molecule has 1 aliphatic heterocycles. The van der Waals surface area contributed by atoms with Gasteiger partial charge in [0.15, 0.2) is 0 Å². The smallest absolute Gasteiger partial charge is 0.231 e. The largest absolute Gasteiger partial charge is 0.312 e. The summed E-state index contributed by atoms with van der Waals surface area (Å²) in [6.45, 7) is 0.723. The fourth-order valence-electron chi connectivity index (χ4n) is 3.31. The van der Waals surface area contributed by atoms with Crippen molar-refractivity contribution in [2.45, 2.75) is 12.8 Å². The molecule has 1 aromatic heterocycles. The Bertz CT molecular complexity index is 948. The van der Waals surface area contributed by atoms with E-state index in [0.29, 0.717) is 11.4 Å². The topological polar surface area (TPSA) is 38.1 Å². The van der Waals surface area contributed by atoms with Crippen molar-refractivity contribution in [2.75, 3.05) is 11.4 Å². The molecule has 0 spiro atoms. The Morgan fingerprint density at radius 3 is 2.84 bits per heavy atom. The second-order valence-corrected chi connectivity index (χ2v) is 6.76. The molecule has 0 atom stereocenters. The molecule has 5 heteroatoms. The number of fused-ring (bicyclic) bond motifs is 1. The van der Waals surface area contributed by atoms with E-state index in [4.69, 9.17) is 11.6 Å². The zero-order chi connectivity index (χ0) is 17.4. The van der Waals surface area contributed by atoms with Gasteiger partial charge < -0.3 is 4.90 Å². The quantitative estimate of drug-likeness (QED) is 0.718. The molecule has 25 heavy (non-hydrogen) atoms. The Morgan fingerprint density at radius 1 is 1.20 bits per heavy atom. The van der Waals surface area contributed by atoms with Crippen molar-refractivity contribution < 1.29 is 4.79 Å². The van der Waals surface area contributed by atoms with Gasteiger partial charge in [-0.3, -0.25) is 9.48 Å². The number of aromatic nitrogens is 2. The van der Waals surface area contributed by atoms with Crippen molar-refractivity contribution in [1.82, 2.24) is 9.78 Å². The van der Waals surface area contributed by atoms with Gasteiger partial charge in [-0.25, -0.2) is 0 Å². The van der Waals surface area contributed by atoms with Crippen LogP contribution >= 0.6 is 11.6 Å². The number of amides is 1.